The molecule has 0 aromatic rings. The molecule has 0 rings (SSSR count). The average molecular weight is 853 g/mol. The standard InChI is InChI=1S/C56H84O6/c1-4-7-10-13-16-18-20-22-24-26-28-30-32-34-36-38-40-43-46-49-55(58)61-52-53(51-60-54(57)48-45-42-15-12-9-6-3)62-56(59)50-47-44-41-39-37-35-33-31-29-27-25-23-21-19-17-14-11-8-5-2/h7-8,10-11,16-19,22-25,28-31,34-37,40-41,43-44,53H,4-6,9,12-15,20-21,26-27,32-33,38-39,42,45-52H2,1-3H3/b10-7-,11-8-,18-16-,19-17-,24-22-,25-23-,30-28-,31-29-,36-34-,37-35-,43-40-,44-41-. The van der Waals surface area contributed by atoms with Crippen molar-refractivity contribution in [2.75, 3.05) is 13.2 Å². The topological polar surface area (TPSA) is 78.9 Å². The summed E-state index contributed by atoms with van der Waals surface area (Å²) in [4.78, 5) is 37.6. The Balaban J connectivity index is 4.53. The summed E-state index contributed by atoms with van der Waals surface area (Å²) in [6.07, 6.45) is 70.2. The molecule has 0 radical (unpaired) electrons. The first-order valence-corrected chi connectivity index (χ1v) is 23.8. The second-order valence-corrected chi connectivity index (χ2v) is 14.9. The molecular formula is C56H84O6. The van der Waals surface area contributed by atoms with E-state index < -0.39 is 12.1 Å². The Labute approximate surface area is 378 Å². The maximum absolute atomic E-state index is 12.7. The van der Waals surface area contributed by atoms with E-state index in [-0.39, 0.29) is 38.0 Å². The van der Waals surface area contributed by atoms with E-state index in [0.717, 1.165) is 96.3 Å². The number of carbonyl (C=O) groups is 3. The van der Waals surface area contributed by atoms with Crippen molar-refractivity contribution in [2.45, 2.75) is 175 Å². The zero-order valence-corrected chi connectivity index (χ0v) is 39.1. The van der Waals surface area contributed by atoms with E-state index >= 15 is 0 Å². The predicted molar refractivity (Wildman–Crippen MR) is 265 cm³/mol. The lowest BCUT2D eigenvalue weighted by Gasteiger charge is -2.18. The fourth-order valence-corrected chi connectivity index (χ4v) is 5.61. The number of hydrogen-bond donors (Lipinski definition) is 0. The van der Waals surface area contributed by atoms with Gasteiger partial charge in [-0.25, -0.2) is 0 Å². The molecule has 62 heavy (non-hydrogen) atoms. The van der Waals surface area contributed by atoms with Crippen LogP contribution in [0.15, 0.2) is 146 Å². The third-order valence-electron chi connectivity index (χ3n) is 9.12. The quantitative estimate of drug-likeness (QED) is 0.0264. The highest BCUT2D eigenvalue weighted by Gasteiger charge is 2.19. The molecule has 0 aromatic carbocycles. The SMILES string of the molecule is CC/C=C\C/C=C\C/C=C\C/C=C\C/C=C\C/C=C\CCC(=O)OCC(COC(=O)CCCCCCCC)OC(=O)CC/C=C\C/C=C\C/C=C\C/C=C\C/C=C\C/C=C\CC. The van der Waals surface area contributed by atoms with Crippen LogP contribution < -0.4 is 0 Å². The van der Waals surface area contributed by atoms with Crippen molar-refractivity contribution >= 4 is 17.9 Å². The number of hydrogen-bond acceptors (Lipinski definition) is 6. The highest BCUT2D eigenvalue weighted by Crippen LogP contribution is 2.09. The Morgan fingerprint density at radius 3 is 0.984 bits per heavy atom. The van der Waals surface area contributed by atoms with Crippen molar-refractivity contribution < 1.29 is 28.6 Å². The summed E-state index contributed by atoms with van der Waals surface area (Å²) in [6, 6.07) is 0. The number of unbranched alkanes of at least 4 members (excludes halogenated alkanes) is 5. The van der Waals surface area contributed by atoms with E-state index in [9.17, 15) is 14.4 Å². The number of carbonyl (C=O) groups excluding carboxylic acids is 3. The van der Waals surface area contributed by atoms with Gasteiger partial charge in [-0.2, -0.15) is 0 Å². The molecule has 0 N–H and O–H groups in total. The van der Waals surface area contributed by atoms with Crippen molar-refractivity contribution in [2.24, 2.45) is 0 Å². The molecule has 0 amide bonds. The molecule has 6 nitrogen and oxygen atoms in total. The molecule has 0 bridgehead atoms. The fourth-order valence-electron chi connectivity index (χ4n) is 5.61. The summed E-state index contributed by atoms with van der Waals surface area (Å²) in [5.41, 5.74) is 0. The van der Waals surface area contributed by atoms with Crippen LogP contribution >= 0.6 is 0 Å². The molecule has 0 saturated carbocycles. The van der Waals surface area contributed by atoms with Crippen LogP contribution in [0.5, 0.6) is 0 Å². The van der Waals surface area contributed by atoms with Crippen molar-refractivity contribution in [1.29, 1.82) is 0 Å². The van der Waals surface area contributed by atoms with Crippen molar-refractivity contribution in [3.63, 3.8) is 0 Å². The molecule has 0 fully saturated rings. The van der Waals surface area contributed by atoms with Gasteiger partial charge in [0.05, 0.1) is 0 Å². The highest BCUT2D eigenvalue weighted by atomic mass is 16.6. The Morgan fingerprint density at radius 1 is 0.339 bits per heavy atom. The molecule has 0 aliphatic rings. The van der Waals surface area contributed by atoms with E-state index in [2.05, 4.69) is 142 Å². The van der Waals surface area contributed by atoms with Gasteiger partial charge in [-0.05, 0) is 96.3 Å². The number of esters is 3. The number of allylic oxidation sites excluding steroid dienone is 24. The molecule has 344 valence electrons. The van der Waals surface area contributed by atoms with Crippen LogP contribution in [0.4, 0.5) is 0 Å². The van der Waals surface area contributed by atoms with Gasteiger partial charge in [-0.15, -0.1) is 0 Å². The Kier molecular flexibility index (Phi) is 45.2. The maximum Gasteiger partial charge on any atom is 0.306 e. The third kappa shape index (κ3) is 46.4. The van der Waals surface area contributed by atoms with Gasteiger partial charge in [-0.3, -0.25) is 14.4 Å². The van der Waals surface area contributed by atoms with Crippen LogP contribution in [0, 0.1) is 0 Å². The lowest BCUT2D eigenvalue weighted by atomic mass is 10.1. The molecule has 0 aliphatic heterocycles. The van der Waals surface area contributed by atoms with Crippen molar-refractivity contribution in [3.05, 3.63) is 146 Å². The average Bonchev–Trinajstić information content (AvgIpc) is 3.27. The van der Waals surface area contributed by atoms with Gasteiger partial charge >= 0.3 is 17.9 Å². The van der Waals surface area contributed by atoms with Crippen LogP contribution in [-0.4, -0.2) is 37.2 Å². The molecule has 0 aliphatic carbocycles. The first kappa shape index (κ1) is 57.3. The minimum absolute atomic E-state index is 0.138. The van der Waals surface area contributed by atoms with Crippen molar-refractivity contribution in [3.8, 4) is 0 Å². The summed E-state index contributed by atoms with van der Waals surface area (Å²) in [5, 5.41) is 0. The lowest BCUT2D eigenvalue weighted by molar-refractivity contribution is -0.166. The number of ether oxygens (including phenoxy) is 3. The molecule has 1 unspecified atom stereocenters. The monoisotopic (exact) mass is 853 g/mol. The van der Waals surface area contributed by atoms with Crippen molar-refractivity contribution in [1.82, 2.24) is 0 Å². The zero-order chi connectivity index (χ0) is 45.1. The van der Waals surface area contributed by atoms with Crippen LogP contribution in [0.25, 0.3) is 0 Å². The van der Waals surface area contributed by atoms with Gasteiger partial charge in [0.2, 0.25) is 0 Å². The second kappa shape index (κ2) is 49.0. The van der Waals surface area contributed by atoms with Gasteiger partial charge in [-0.1, -0.05) is 199 Å². The summed E-state index contributed by atoms with van der Waals surface area (Å²) in [5.74, 6) is -1.14. The van der Waals surface area contributed by atoms with Crippen LogP contribution in [0.2, 0.25) is 0 Å². The molecular weight excluding hydrogens is 769 g/mol. The first-order valence-electron chi connectivity index (χ1n) is 23.8. The van der Waals surface area contributed by atoms with Crippen LogP contribution in [0.1, 0.15) is 168 Å². The van der Waals surface area contributed by atoms with Crippen LogP contribution in [0.3, 0.4) is 0 Å². The predicted octanol–water partition coefficient (Wildman–Crippen LogP) is 15.7. The van der Waals surface area contributed by atoms with Gasteiger partial charge in [0.1, 0.15) is 13.2 Å². The third-order valence-corrected chi connectivity index (χ3v) is 9.12. The molecule has 0 aromatic heterocycles. The highest BCUT2D eigenvalue weighted by molar-refractivity contribution is 5.71. The van der Waals surface area contributed by atoms with Gasteiger partial charge in [0.25, 0.3) is 0 Å². The molecule has 0 saturated heterocycles. The summed E-state index contributed by atoms with van der Waals surface area (Å²) in [7, 11) is 0. The Bertz CT molecular complexity index is 1440. The van der Waals surface area contributed by atoms with E-state index in [0.29, 0.717) is 19.3 Å². The zero-order valence-electron chi connectivity index (χ0n) is 39.1. The molecule has 1 atom stereocenters. The van der Waals surface area contributed by atoms with E-state index in [1.54, 1.807) is 0 Å². The van der Waals surface area contributed by atoms with Crippen LogP contribution in [-0.2, 0) is 28.6 Å². The number of rotatable bonds is 40. The van der Waals surface area contributed by atoms with E-state index in [4.69, 9.17) is 14.2 Å². The van der Waals surface area contributed by atoms with E-state index in [1.807, 2.05) is 24.3 Å². The molecule has 0 heterocycles. The minimum Gasteiger partial charge on any atom is -0.462 e. The summed E-state index contributed by atoms with van der Waals surface area (Å²) >= 11 is 0. The van der Waals surface area contributed by atoms with Gasteiger partial charge in [0, 0.05) is 19.3 Å². The normalized spacial score (nSPS) is 13.4. The summed E-state index contributed by atoms with van der Waals surface area (Å²) in [6.45, 7) is 6.18. The lowest BCUT2D eigenvalue weighted by Crippen LogP contribution is -2.30. The Hall–Kier alpha value is -4.71. The maximum atomic E-state index is 12.7. The summed E-state index contributed by atoms with van der Waals surface area (Å²) < 4.78 is 16.5. The van der Waals surface area contributed by atoms with E-state index in [1.165, 1.54) is 19.3 Å². The van der Waals surface area contributed by atoms with Gasteiger partial charge < -0.3 is 14.2 Å². The fraction of sp³-hybridized carbons (Fsp3) is 0.518. The molecule has 6 heteroatoms. The Morgan fingerprint density at radius 2 is 0.629 bits per heavy atom. The first-order chi connectivity index (χ1) is 30.5. The minimum atomic E-state index is -0.851. The largest absolute Gasteiger partial charge is 0.462 e. The second-order valence-electron chi connectivity index (χ2n) is 14.9. The van der Waals surface area contributed by atoms with Gasteiger partial charge in [0.15, 0.2) is 6.10 Å². The molecule has 0 spiro atoms. The smallest absolute Gasteiger partial charge is 0.306 e.